The van der Waals surface area contributed by atoms with Gasteiger partial charge in [-0.05, 0) is 25.5 Å². The lowest BCUT2D eigenvalue weighted by atomic mass is 9.91. The van der Waals surface area contributed by atoms with Crippen LogP contribution >= 0.6 is 0 Å². The zero-order chi connectivity index (χ0) is 12.6. The summed E-state index contributed by atoms with van der Waals surface area (Å²) in [5.41, 5.74) is -0.288. The van der Waals surface area contributed by atoms with Gasteiger partial charge in [0, 0.05) is 5.69 Å². The van der Waals surface area contributed by atoms with Crippen LogP contribution in [0, 0.1) is 6.92 Å². The molecule has 2 rings (SSSR count). The van der Waals surface area contributed by atoms with Crippen molar-refractivity contribution >= 4 is 5.91 Å². The van der Waals surface area contributed by atoms with Crippen molar-refractivity contribution in [1.82, 2.24) is 9.88 Å². The molecule has 1 saturated heterocycles. The summed E-state index contributed by atoms with van der Waals surface area (Å²) in [4.78, 5) is 27.6. The van der Waals surface area contributed by atoms with E-state index in [4.69, 9.17) is 0 Å². The summed E-state index contributed by atoms with van der Waals surface area (Å²) in [6, 6.07) is 3.22. The molecule has 1 aromatic heterocycles. The molecule has 0 unspecified atom stereocenters. The second kappa shape index (κ2) is 4.00. The summed E-state index contributed by atoms with van der Waals surface area (Å²) in [6.45, 7) is 4.24. The maximum Gasteiger partial charge on any atom is 0.260 e. The van der Waals surface area contributed by atoms with Gasteiger partial charge in [-0.1, -0.05) is 6.92 Å². The van der Waals surface area contributed by atoms with Gasteiger partial charge < -0.3 is 15.0 Å². The van der Waals surface area contributed by atoms with Gasteiger partial charge in [0.05, 0.1) is 18.7 Å². The molecule has 1 aliphatic heterocycles. The molecule has 92 valence electrons. The first kappa shape index (κ1) is 11.9. The van der Waals surface area contributed by atoms with Crippen molar-refractivity contribution in [2.75, 3.05) is 13.1 Å². The van der Waals surface area contributed by atoms with Crippen LogP contribution in [0.1, 0.15) is 29.4 Å². The molecule has 1 aromatic rings. The Balaban J connectivity index is 2.15. The normalized spacial score (nSPS) is 17.7. The summed E-state index contributed by atoms with van der Waals surface area (Å²) in [5, 5.41) is 9.82. The largest absolute Gasteiger partial charge is 0.386 e. The second-order valence-electron chi connectivity index (χ2n) is 4.62. The molecule has 0 aliphatic carbocycles. The monoisotopic (exact) mass is 236 g/mol. The van der Waals surface area contributed by atoms with E-state index in [2.05, 4.69) is 4.98 Å². The van der Waals surface area contributed by atoms with Crippen LogP contribution in [0.5, 0.6) is 0 Å². The maximum absolute atomic E-state index is 12.0. The van der Waals surface area contributed by atoms with Crippen LogP contribution in [-0.4, -0.2) is 39.6 Å². The number of H-pyrrole nitrogens is 1. The van der Waals surface area contributed by atoms with Crippen molar-refractivity contribution in [3.63, 3.8) is 0 Å². The lowest BCUT2D eigenvalue weighted by Gasteiger charge is -2.45. The number of aryl methyl sites for hydroxylation is 1. The van der Waals surface area contributed by atoms with E-state index in [-0.39, 0.29) is 17.0 Å². The molecule has 1 fully saturated rings. The van der Waals surface area contributed by atoms with Crippen LogP contribution in [0.25, 0.3) is 0 Å². The molecule has 0 aromatic carbocycles. The highest BCUT2D eigenvalue weighted by Crippen LogP contribution is 2.24. The third-order valence-electron chi connectivity index (χ3n) is 3.20. The fraction of sp³-hybridized carbons (Fsp3) is 0.500. The Bertz CT molecular complexity index is 501. The minimum absolute atomic E-state index is 0.133. The second-order valence-corrected chi connectivity index (χ2v) is 4.62. The quantitative estimate of drug-likeness (QED) is 0.774. The van der Waals surface area contributed by atoms with Gasteiger partial charge in [-0.3, -0.25) is 9.59 Å². The number of hydrogen-bond donors (Lipinski definition) is 2. The molecule has 1 aliphatic rings. The Labute approximate surface area is 99.1 Å². The Morgan fingerprint density at radius 2 is 2.18 bits per heavy atom. The van der Waals surface area contributed by atoms with Crippen molar-refractivity contribution < 1.29 is 9.90 Å². The van der Waals surface area contributed by atoms with E-state index in [1.165, 1.54) is 11.0 Å². The fourth-order valence-corrected chi connectivity index (χ4v) is 1.94. The molecular formula is C12H16N2O3. The fourth-order valence-electron chi connectivity index (χ4n) is 1.94. The van der Waals surface area contributed by atoms with Gasteiger partial charge >= 0.3 is 0 Å². The number of aromatic amines is 1. The van der Waals surface area contributed by atoms with Gasteiger partial charge in [-0.2, -0.15) is 0 Å². The molecule has 0 atom stereocenters. The van der Waals surface area contributed by atoms with E-state index in [1.54, 1.807) is 13.0 Å². The number of aliphatic hydroxyl groups is 1. The third kappa shape index (κ3) is 2.10. The lowest BCUT2D eigenvalue weighted by Crippen LogP contribution is -2.63. The Kier molecular flexibility index (Phi) is 2.79. The van der Waals surface area contributed by atoms with Crippen molar-refractivity contribution in [1.29, 1.82) is 0 Å². The predicted octanol–water partition coefficient (Wildman–Crippen LogP) is 0.280. The van der Waals surface area contributed by atoms with Crippen LogP contribution in [0.2, 0.25) is 0 Å². The predicted molar refractivity (Wildman–Crippen MR) is 62.9 cm³/mol. The molecule has 0 bridgehead atoms. The number of amides is 1. The van der Waals surface area contributed by atoms with Gasteiger partial charge in [-0.25, -0.2) is 0 Å². The molecule has 0 saturated carbocycles. The van der Waals surface area contributed by atoms with Crippen LogP contribution in [0.15, 0.2) is 16.9 Å². The zero-order valence-electron chi connectivity index (χ0n) is 9.99. The molecule has 1 amide bonds. The third-order valence-corrected chi connectivity index (χ3v) is 3.20. The Hall–Kier alpha value is -1.62. The number of pyridine rings is 1. The molecule has 0 radical (unpaired) electrons. The average Bonchev–Trinajstić information content (AvgIpc) is 2.24. The first-order chi connectivity index (χ1) is 7.95. The molecule has 5 nitrogen and oxygen atoms in total. The van der Waals surface area contributed by atoms with Crippen molar-refractivity contribution in [2.24, 2.45) is 0 Å². The van der Waals surface area contributed by atoms with Crippen molar-refractivity contribution in [2.45, 2.75) is 25.9 Å². The van der Waals surface area contributed by atoms with E-state index >= 15 is 0 Å². The van der Waals surface area contributed by atoms with Gasteiger partial charge in [0.25, 0.3) is 11.5 Å². The Morgan fingerprint density at radius 3 is 2.71 bits per heavy atom. The van der Waals surface area contributed by atoms with Crippen LogP contribution in [0.3, 0.4) is 0 Å². The van der Waals surface area contributed by atoms with E-state index in [0.29, 0.717) is 19.5 Å². The minimum Gasteiger partial charge on any atom is -0.386 e. The van der Waals surface area contributed by atoms with Crippen LogP contribution in [0.4, 0.5) is 0 Å². The lowest BCUT2D eigenvalue weighted by molar-refractivity contribution is -0.0827. The SMILES string of the molecule is CCC1(O)CN(C(=O)c2ccc(C)[nH]c2=O)C1. The number of likely N-dealkylation sites (tertiary alicyclic amines) is 1. The van der Waals surface area contributed by atoms with Crippen LogP contribution < -0.4 is 5.56 Å². The first-order valence-corrected chi connectivity index (χ1v) is 5.67. The van der Waals surface area contributed by atoms with E-state index in [9.17, 15) is 14.7 Å². The van der Waals surface area contributed by atoms with Crippen molar-refractivity contribution in [3.05, 3.63) is 33.7 Å². The number of carbonyl (C=O) groups excluding carboxylic acids is 1. The zero-order valence-corrected chi connectivity index (χ0v) is 9.99. The average molecular weight is 236 g/mol. The Morgan fingerprint density at radius 1 is 1.53 bits per heavy atom. The number of nitrogens with one attached hydrogen (secondary N) is 1. The number of carbonyl (C=O) groups is 1. The summed E-state index contributed by atoms with van der Waals surface area (Å²) < 4.78 is 0. The molecule has 2 heterocycles. The summed E-state index contributed by atoms with van der Waals surface area (Å²) >= 11 is 0. The van der Waals surface area contributed by atoms with E-state index in [1.807, 2.05) is 6.92 Å². The number of aromatic nitrogens is 1. The number of nitrogens with zero attached hydrogens (tertiary/aromatic N) is 1. The minimum atomic E-state index is -0.771. The topological polar surface area (TPSA) is 73.4 Å². The van der Waals surface area contributed by atoms with Crippen molar-refractivity contribution in [3.8, 4) is 0 Å². The first-order valence-electron chi connectivity index (χ1n) is 5.67. The summed E-state index contributed by atoms with van der Waals surface area (Å²) in [7, 11) is 0. The highest BCUT2D eigenvalue weighted by atomic mass is 16.3. The molecule has 17 heavy (non-hydrogen) atoms. The standard InChI is InChI=1S/C12H16N2O3/c1-3-12(17)6-14(7-12)11(16)9-5-4-8(2)13-10(9)15/h4-5,17H,3,6-7H2,1-2H3,(H,13,15). The molecule has 2 N–H and O–H groups in total. The van der Waals surface area contributed by atoms with Gasteiger partial charge in [0.1, 0.15) is 5.56 Å². The van der Waals surface area contributed by atoms with Crippen LogP contribution in [-0.2, 0) is 0 Å². The smallest absolute Gasteiger partial charge is 0.260 e. The van der Waals surface area contributed by atoms with Gasteiger partial charge in [0.15, 0.2) is 0 Å². The van der Waals surface area contributed by atoms with Gasteiger partial charge in [0.2, 0.25) is 0 Å². The highest BCUT2D eigenvalue weighted by molar-refractivity contribution is 5.94. The summed E-state index contributed by atoms with van der Waals surface area (Å²) in [6.07, 6.45) is 0.612. The molecular weight excluding hydrogens is 220 g/mol. The highest BCUT2D eigenvalue weighted by Gasteiger charge is 2.42. The van der Waals surface area contributed by atoms with E-state index in [0.717, 1.165) is 5.69 Å². The summed E-state index contributed by atoms with van der Waals surface area (Å²) in [5.74, 6) is -0.315. The van der Waals surface area contributed by atoms with Gasteiger partial charge in [-0.15, -0.1) is 0 Å². The number of β-amino-alcohol motifs (C(OH)–C–C–N with tert-alkyl or cyclic N) is 1. The maximum atomic E-state index is 12.0. The number of hydrogen-bond acceptors (Lipinski definition) is 3. The number of rotatable bonds is 2. The molecule has 5 heteroatoms. The molecule has 0 spiro atoms. The van der Waals surface area contributed by atoms with E-state index < -0.39 is 5.60 Å².